The van der Waals surface area contributed by atoms with Gasteiger partial charge in [-0.2, -0.15) is 0 Å². The normalized spacial score (nSPS) is 10.4. The number of nitrogens with zero attached hydrogens (tertiary/aromatic N) is 2. The Hall–Kier alpha value is -2.86. The van der Waals surface area contributed by atoms with Gasteiger partial charge in [-0.1, -0.05) is 24.3 Å². The minimum Gasteiger partial charge on any atom is -0.399 e. The summed E-state index contributed by atoms with van der Waals surface area (Å²) in [6, 6.07) is 13.1. The van der Waals surface area contributed by atoms with Gasteiger partial charge in [0.2, 0.25) is 5.91 Å². The predicted molar refractivity (Wildman–Crippen MR) is 110 cm³/mol. The molecule has 0 unspecified atom stereocenters. The van der Waals surface area contributed by atoms with E-state index in [4.69, 9.17) is 5.73 Å². The molecule has 0 bridgehead atoms. The second kappa shape index (κ2) is 9.19. The molecule has 7 heteroatoms. The van der Waals surface area contributed by atoms with Gasteiger partial charge in [-0.25, -0.2) is 4.98 Å². The second-order valence-corrected chi connectivity index (χ2v) is 6.31. The molecule has 0 spiro atoms. The Kier molecular flexibility index (Phi) is 6.96. The SMILES string of the molecule is Cc1cccc2c(=O)n(CCC(=O)NCCc3ccc(N)cc3)cnc12.Cl. The van der Waals surface area contributed by atoms with E-state index in [1.807, 2.05) is 43.3 Å². The molecular formula is C20H23ClN4O2. The molecule has 0 fully saturated rings. The van der Waals surface area contributed by atoms with Crippen LogP contribution >= 0.6 is 12.4 Å². The molecule has 0 aliphatic rings. The Morgan fingerprint density at radius 1 is 1.19 bits per heavy atom. The van der Waals surface area contributed by atoms with E-state index in [0.717, 1.165) is 23.2 Å². The van der Waals surface area contributed by atoms with Crippen molar-refractivity contribution in [2.45, 2.75) is 26.3 Å². The van der Waals surface area contributed by atoms with Crippen LogP contribution in [0.15, 0.2) is 53.6 Å². The summed E-state index contributed by atoms with van der Waals surface area (Å²) in [5.41, 5.74) is 9.05. The quantitative estimate of drug-likeness (QED) is 0.637. The Morgan fingerprint density at radius 3 is 2.67 bits per heavy atom. The number of aryl methyl sites for hydroxylation is 2. The van der Waals surface area contributed by atoms with Gasteiger partial charge < -0.3 is 11.1 Å². The topological polar surface area (TPSA) is 90.0 Å². The molecule has 0 saturated heterocycles. The summed E-state index contributed by atoms with van der Waals surface area (Å²) in [4.78, 5) is 28.9. The van der Waals surface area contributed by atoms with Crippen LogP contribution in [0.1, 0.15) is 17.5 Å². The molecule has 3 N–H and O–H groups in total. The average Bonchev–Trinajstić information content (AvgIpc) is 2.63. The van der Waals surface area contributed by atoms with E-state index < -0.39 is 0 Å². The summed E-state index contributed by atoms with van der Waals surface area (Å²) < 4.78 is 1.49. The standard InChI is InChI=1S/C20H22N4O2.ClH/c1-14-3-2-4-17-19(14)23-13-24(20(17)26)12-10-18(25)22-11-9-15-5-7-16(21)8-6-15;/h2-8,13H,9-12,21H2,1H3,(H,22,25);1H. The fourth-order valence-corrected chi connectivity index (χ4v) is 2.84. The van der Waals surface area contributed by atoms with E-state index in [9.17, 15) is 9.59 Å². The molecule has 1 heterocycles. The molecule has 0 saturated carbocycles. The minimum atomic E-state index is -0.117. The molecular weight excluding hydrogens is 364 g/mol. The monoisotopic (exact) mass is 386 g/mol. The third kappa shape index (κ3) is 5.08. The van der Waals surface area contributed by atoms with Gasteiger partial charge in [0.1, 0.15) is 0 Å². The molecule has 1 aromatic heterocycles. The first kappa shape index (κ1) is 20.5. The number of para-hydroxylation sites is 1. The van der Waals surface area contributed by atoms with E-state index in [1.54, 1.807) is 6.07 Å². The average molecular weight is 387 g/mol. The van der Waals surface area contributed by atoms with Crippen molar-refractivity contribution in [1.29, 1.82) is 0 Å². The summed E-state index contributed by atoms with van der Waals surface area (Å²) in [6.45, 7) is 2.78. The number of nitrogens with one attached hydrogen (secondary N) is 1. The summed E-state index contributed by atoms with van der Waals surface area (Å²) >= 11 is 0. The van der Waals surface area contributed by atoms with Gasteiger partial charge in [0.05, 0.1) is 17.2 Å². The zero-order valence-electron chi connectivity index (χ0n) is 15.1. The maximum absolute atomic E-state index is 12.5. The van der Waals surface area contributed by atoms with Crippen molar-refractivity contribution < 1.29 is 4.79 Å². The lowest BCUT2D eigenvalue weighted by molar-refractivity contribution is -0.121. The number of carbonyl (C=O) groups excluding carboxylic acids is 1. The first-order chi connectivity index (χ1) is 12.5. The Morgan fingerprint density at radius 2 is 1.93 bits per heavy atom. The van der Waals surface area contributed by atoms with Gasteiger partial charge in [-0.05, 0) is 42.7 Å². The highest BCUT2D eigenvalue weighted by Gasteiger charge is 2.07. The highest BCUT2D eigenvalue weighted by atomic mass is 35.5. The molecule has 3 aromatic rings. The first-order valence-electron chi connectivity index (χ1n) is 8.60. The second-order valence-electron chi connectivity index (χ2n) is 6.31. The van der Waals surface area contributed by atoms with Gasteiger partial charge in [0, 0.05) is 25.2 Å². The van der Waals surface area contributed by atoms with E-state index in [0.29, 0.717) is 24.0 Å². The number of amides is 1. The Bertz CT molecular complexity index is 983. The van der Waals surface area contributed by atoms with Crippen LogP contribution in [0.2, 0.25) is 0 Å². The lowest BCUT2D eigenvalue weighted by Crippen LogP contribution is -2.29. The molecule has 142 valence electrons. The number of aromatic nitrogens is 2. The zero-order valence-corrected chi connectivity index (χ0v) is 16.0. The number of benzene rings is 2. The van der Waals surface area contributed by atoms with E-state index in [2.05, 4.69) is 10.3 Å². The maximum Gasteiger partial charge on any atom is 0.261 e. The van der Waals surface area contributed by atoms with E-state index in [1.165, 1.54) is 10.9 Å². The zero-order chi connectivity index (χ0) is 18.5. The molecule has 6 nitrogen and oxygen atoms in total. The summed E-state index contributed by atoms with van der Waals surface area (Å²) in [5, 5.41) is 3.46. The van der Waals surface area contributed by atoms with Gasteiger partial charge >= 0.3 is 0 Å². The summed E-state index contributed by atoms with van der Waals surface area (Å²) in [7, 11) is 0. The number of hydrogen-bond donors (Lipinski definition) is 2. The third-order valence-electron chi connectivity index (χ3n) is 4.35. The van der Waals surface area contributed by atoms with Crippen LogP contribution in [0.3, 0.4) is 0 Å². The fourth-order valence-electron chi connectivity index (χ4n) is 2.84. The Balaban J connectivity index is 0.00000261. The van der Waals surface area contributed by atoms with Crippen LogP contribution in [0.25, 0.3) is 10.9 Å². The third-order valence-corrected chi connectivity index (χ3v) is 4.35. The van der Waals surface area contributed by atoms with Crippen molar-refractivity contribution >= 4 is 34.9 Å². The van der Waals surface area contributed by atoms with Crippen LogP contribution in [-0.4, -0.2) is 22.0 Å². The molecule has 3 rings (SSSR count). The largest absolute Gasteiger partial charge is 0.399 e. The number of rotatable bonds is 6. The highest BCUT2D eigenvalue weighted by molar-refractivity contribution is 5.85. The summed E-state index contributed by atoms with van der Waals surface area (Å²) in [5.74, 6) is -0.0864. The van der Waals surface area contributed by atoms with Crippen molar-refractivity contribution in [1.82, 2.24) is 14.9 Å². The molecule has 0 atom stereocenters. The smallest absolute Gasteiger partial charge is 0.261 e. The molecule has 0 aliphatic heterocycles. The molecule has 0 aliphatic carbocycles. The number of fused-ring (bicyclic) bond motifs is 1. The summed E-state index contributed by atoms with van der Waals surface area (Å²) in [6.07, 6.45) is 2.49. The maximum atomic E-state index is 12.5. The van der Waals surface area contributed by atoms with Gasteiger partial charge in [-0.15, -0.1) is 12.4 Å². The Labute approximate surface area is 163 Å². The fraction of sp³-hybridized carbons (Fsp3) is 0.250. The number of nitrogens with two attached hydrogens (primary N) is 1. The lowest BCUT2D eigenvalue weighted by atomic mass is 10.1. The number of anilines is 1. The van der Waals surface area contributed by atoms with Crippen molar-refractivity contribution in [2.24, 2.45) is 0 Å². The van der Waals surface area contributed by atoms with Crippen LogP contribution in [0, 0.1) is 6.92 Å². The molecule has 27 heavy (non-hydrogen) atoms. The van der Waals surface area contributed by atoms with Crippen molar-refractivity contribution in [3.8, 4) is 0 Å². The predicted octanol–water partition coefficient (Wildman–Crippen LogP) is 2.46. The van der Waals surface area contributed by atoms with Crippen LogP contribution in [0.4, 0.5) is 5.69 Å². The number of hydrogen-bond acceptors (Lipinski definition) is 4. The molecule has 2 aromatic carbocycles. The van der Waals surface area contributed by atoms with Crippen molar-refractivity contribution in [3.05, 3.63) is 70.3 Å². The number of nitrogen functional groups attached to an aromatic ring is 1. The number of halogens is 1. The first-order valence-corrected chi connectivity index (χ1v) is 8.60. The van der Waals surface area contributed by atoms with E-state index in [-0.39, 0.29) is 30.3 Å². The minimum absolute atomic E-state index is 0. The molecule has 0 radical (unpaired) electrons. The van der Waals surface area contributed by atoms with Crippen molar-refractivity contribution in [2.75, 3.05) is 12.3 Å². The van der Waals surface area contributed by atoms with Crippen LogP contribution in [0.5, 0.6) is 0 Å². The van der Waals surface area contributed by atoms with Gasteiger partial charge in [0.25, 0.3) is 5.56 Å². The van der Waals surface area contributed by atoms with Crippen LogP contribution in [-0.2, 0) is 17.8 Å². The van der Waals surface area contributed by atoms with E-state index >= 15 is 0 Å². The van der Waals surface area contributed by atoms with Gasteiger partial charge in [0.15, 0.2) is 0 Å². The lowest BCUT2D eigenvalue weighted by Gasteiger charge is -2.09. The van der Waals surface area contributed by atoms with Crippen molar-refractivity contribution in [3.63, 3.8) is 0 Å². The molecule has 1 amide bonds. The number of carbonyl (C=O) groups is 1. The van der Waals surface area contributed by atoms with Gasteiger partial charge in [-0.3, -0.25) is 14.2 Å². The van der Waals surface area contributed by atoms with Crippen LogP contribution < -0.4 is 16.6 Å². The highest BCUT2D eigenvalue weighted by Crippen LogP contribution is 2.11.